The lowest BCUT2D eigenvalue weighted by Gasteiger charge is -2.27. The van der Waals surface area contributed by atoms with Gasteiger partial charge in [-0.05, 0) is 57.6 Å². The average molecular weight is 459 g/mol. The van der Waals surface area contributed by atoms with Crippen LogP contribution in [0.2, 0.25) is 0 Å². The number of ether oxygens (including phenoxy) is 1. The predicted molar refractivity (Wildman–Crippen MR) is 128 cm³/mol. The Morgan fingerprint density at radius 2 is 1.94 bits per heavy atom. The summed E-state index contributed by atoms with van der Waals surface area (Å²) in [5, 5.41) is 19.8. The summed E-state index contributed by atoms with van der Waals surface area (Å²) < 4.78 is 19.3. The van der Waals surface area contributed by atoms with Crippen molar-refractivity contribution >= 4 is 17.5 Å². The van der Waals surface area contributed by atoms with E-state index in [0.29, 0.717) is 18.2 Å². The van der Waals surface area contributed by atoms with Gasteiger partial charge in [-0.2, -0.15) is 4.98 Å². The number of alkyl halides is 1. The molecule has 2 aliphatic rings. The zero-order valence-electron chi connectivity index (χ0n) is 19.4. The van der Waals surface area contributed by atoms with Crippen LogP contribution in [0.1, 0.15) is 52.4 Å². The molecule has 8 nitrogen and oxygen atoms in total. The van der Waals surface area contributed by atoms with Crippen molar-refractivity contribution in [1.82, 2.24) is 15.0 Å². The molecule has 2 aromatic heterocycles. The Labute approximate surface area is 194 Å². The second-order valence-electron chi connectivity index (χ2n) is 9.04. The zero-order chi connectivity index (χ0) is 23.2. The maximum atomic E-state index is 13.7. The first kappa shape index (κ1) is 23.6. The van der Waals surface area contributed by atoms with Crippen LogP contribution < -0.4 is 16.0 Å². The quantitative estimate of drug-likeness (QED) is 0.447. The number of halogens is 1. The maximum absolute atomic E-state index is 13.7. The summed E-state index contributed by atoms with van der Waals surface area (Å²) in [6, 6.07) is 4.46. The molecule has 0 spiro atoms. The lowest BCUT2D eigenvalue weighted by atomic mass is 9.93. The first-order valence-corrected chi connectivity index (χ1v) is 12.1. The van der Waals surface area contributed by atoms with Crippen molar-refractivity contribution in [1.29, 1.82) is 0 Å². The highest BCUT2D eigenvalue weighted by molar-refractivity contribution is 5.73. The van der Waals surface area contributed by atoms with Crippen molar-refractivity contribution in [2.75, 3.05) is 29.1 Å². The highest BCUT2D eigenvalue weighted by Crippen LogP contribution is 2.30. The minimum absolute atomic E-state index is 0.173. The molecule has 4 rings (SSSR count). The molecule has 0 amide bonds. The van der Waals surface area contributed by atoms with Gasteiger partial charge in [0.05, 0.1) is 41.4 Å². The van der Waals surface area contributed by atoms with Gasteiger partial charge in [-0.15, -0.1) is 0 Å². The molecular weight excluding hydrogens is 423 g/mol. The minimum Gasteiger partial charge on any atom is -0.393 e. The minimum atomic E-state index is -0.945. The van der Waals surface area contributed by atoms with E-state index in [9.17, 15) is 9.50 Å². The summed E-state index contributed by atoms with van der Waals surface area (Å²) >= 11 is 0. The van der Waals surface area contributed by atoms with Crippen molar-refractivity contribution in [2.45, 2.75) is 82.8 Å². The largest absolute Gasteiger partial charge is 0.393 e. The molecule has 1 saturated carbocycles. The first-order valence-electron chi connectivity index (χ1n) is 12.1. The topological polar surface area (TPSA) is 104 Å². The number of nitrogens with one attached hydrogen (secondary N) is 3. The standard InChI is InChI=1S/C24H35FN6O2/c1-3-16(25)12-27-24-28-14-20(23(31-24)30-17-4-7-19(32)8-5-17)22-9-6-18(13-26-22)29-21-10-11-33-15(21)2/h6,9,13-17,19,21,29,32H,3-5,7-8,10-12H2,1-2H3,(H2,27,28,30,31)/t15?,16-,17?,19?,21?/m0/s1. The van der Waals surface area contributed by atoms with E-state index in [1.807, 2.05) is 25.3 Å². The molecule has 1 aliphatic carbocycles. The monoisotopic (exact) mass is 458 g/mol. The molecule has 4 N–H and O–H groups in total. The van der Waals surface area contributed by atoms with Gasteiger partial charge in [0.1, 0.15) is 12.0 Å². The van der Waals surface area contributed by atoms with Gasteiger partial charge in [0.25, 0.3) is 0 Å². The van der Waals surface area contributed by atoms with E-state index in [-0.39, 0.29) is 30.8 Å². The molecule has 0 radical (unpaired) electrons. The Hall–Kier alpha value is -2.52. The van der Waals surface area contributed by atoms with Gasteiger partial charge >= 0.3 is 0 Å². The molecule has 1 aliphatic heterocycles. The van der Waals surface area contributed by atoms with E-state index in [1.165, 1.54) is 0 Å². The number of rotatable bonds is 9. The molecule has 2 unspecified atom stereocenters. The molecule has 2 fully saturated rings. The summed E-state index contributed by atoms with van der Waals surface area (Å²) in [4.78, 5) is 13.7. The summed E-state index contributed by atoms with van der Waals surface area (Å²) in [5.41, 5.74) is 2.51. The highest BCUT2D eigenvalue weighted by atomic mass is 19.1. The van der Waals surface area contributed by atoms with Gasteiger partial charge in [0, 0.05) is 25.4 Å². The number of pyridine rings is 1. The molecule has 180 valence electrons. The Bertz CT molecular complexity index is 891. The number of aromatic nitrogens is 3. The van der Waals surface area contributed by atoms with Crippen molar-refractivity contribution in [3.05, 3.63) is 24.5 Å². The van der Waals surface area contributed by atoms with Crippen LogP contribution in [0.5, 0.6) is 0 Å². The van der Waals surface area contributed by atoms with Crippen LogP contribution in [0.4, 0.5) is 21.8 Å². The third-order valence-electron chi connectivity index (χ3n) is 6.52. The smallest absolute Gasteiger partial charge is 0.224 e. The van der Waals surface area contributed by atoms with Crippen LogP contribution in [0, 0.1) is 0 Å². The van der Waals surface area contributed by atoms with Crippen molar-refractivity contribution in [3.8, 4) is 11.3 Å². The molecule has 33 heavy (non-hydrogen) atoms. The maximum Gasteiger partial charge on any atom is 0.224 e. The van der Waals surface area contributed by atoms with Gasteiger partial charge in [-0.1, -0.05) is 6.92 Å². The van der Waals surface area contributed by atoms with E-state index in [1.54, 1.807) is 6.20 Å². The highest BCUT2D eigenvalue weighted by Gasteiger charge is 2.24. The van der Waals surface area contributed by atoms with Gasteiger partial charge in [-0.3, -0.25) is 4.98 Å². The summed E-state index contributed by atoms with van der Waals surface area (Å²) in [6.07, 6.45) is 7.26. The fourth-order valence-electron chi connectivity index (χ4n) is 4.30. The Morgan fingerprint density at radius 1 is 1.12 bits per heavy atom. The fourth-order valence-corrected chi connectivity index (χ4v) is 4.30. The number of aliphatic hydroxyl groups is 1. The van der Waals surface area contributed by atoms with Gasteiger partial charge < -0.3 is 25.8 Å². The van der Waals surface area contributed by atoms with Crippen molar-refractivity contribution in [3.63, 3.8) is 0 Å². The van der Waals surface area contributed by atoms with E-state index < -0.39 is 6.17 Å². The van der Waals surface area contributed by atoms with Crippen LogP contribution in [0.25, 0.3) is 11.3 Å². The normalized spacial score (nSPS) is 26.1. The van der Waals surface area contributed by atoms with Crippen LogP contribution in [-0.2, 0) is 4.74 Å². The number of aliphatic hydroxyl groups excluding tert-OH is 1. The summed E-state index contributed by atoms with van der Waals surface area (Å²) in [6.45, 7) is 4.84. The number of hydrogen-bond acceptors (Lipinski definition) is 8. The SMILES string of the molecule is CC[C@H](F)CNc1ncc(-c2ccc(NC3CCOC3C)cn2)c(NC2CCC(O)CC2)n1. The number of hydrogen-bond donors (Lipinski definition) is 4. The van der Waals surface area contributed by atoms with E-state index in [2.05, 4.69) is 37.8 Å². The number of nitrogens with zero attached hydrogens (tertiary/aromatic N) is 3. The molecular formula is C24H35FN6O2. The van der Waals surface area contributed by atoms with E-state index >= 15 is 0 Å². The lowest BCUT2D eigenvalue weighted by molar-refractivity contribution is 0.121. The first-order chi connectivity index (χ1) is 16.0. The molecule has 2 aromatic rings. The number of anilines is 3. The zero-order valence-corrected chi connectivity index (χ0v) is 19.4. The van der Waals surface area contributed by atoms with Gasteiger partial charge in [0.2, 0.25) is 5.95 Å². The Kier molecular flexibility index (Phi) is 7.93. The Balaban J connectivity index is 1.52. The molecule has 9 heteroatoms. The van der Waals surface area contributed by atoms with E-state index in [4.69, 9.17) is 4.74 Å². The molecule has 0 bridgehead atoms. The van der Waals surface area contributed by atoms with Gasteiger partial charge in [-0.25, -0.2) is 9.37 Å². The molecule has 1 saturated heterocycles. The van der Waals surface area contributed by atoms with Crippen LogP contribution in [0.3, 0.4) is 0 Å². The third-order valence-corrected chi connectivity index (χ3v) is 6.52. The van der Waals surface area contributed by atoms with E-state index in [0.717, 1.165) is 55.7 Å². The van der Waals surface area contributed by atoms with Crippen LogP contribution >= 0.6 is 0 Å². The molecule has 3 heterocycles. The average Bonchev–Trinajstić information content (AvgIpc) is 3.24. The van der Waals surface area contributed by atoms with Crippen molar-refractivity contribution in [2.24, 2.45) is 0 Å². The predicted octanol–water partition coefficient (Wildman–Crippen LogP) is 4.00. The van der Waals surface area contributed by atoms with Crippen LogP contribution in [-0.4, -0.2) is 63.7 Å². The Morgan fingerprint density at radius 3 is 2.61 bits per heavy atom. The lowest BCUT2D eigenvalue weighted by Crippen LogP contribution is -2.29. The molecule has 0 aromatic carbocycles. The van der Waals surface area contributed by atoms with Crippen molar-refractivity contribution < 1.29 is 14.2 Å². The third kappa shape index (κ3) is 6.29. The second kappa shape index (κ2) is 11.1. The fraction of sp³-hybridized carbons (Fsp3) is 0.625. The van der Waals surface area contributed by atoms with Crippen LogP contribution in [0.15, 0.2) is 24.5 Å². The summed E-state index contributed by atoms with van der Waals surface area (Å²) in [5.74, 6) is 1.06. The molecule has 3 atom stereocenters. The van der Waals surface area contributed by atoms with Gasteiger partial charge in [0.15, 0.2) is 0 Å². The second-order valence-corrected chi connectivity index (χ2v) is 9.04. The summed E-state index contributed by atoms with van der Waals surface area (Å²) in [7, 11) is 0.